The number of nitrogens with zero attached hydrogens (tertiary/aromatic N) is 3. The molecular weight excluding hydrogens is 618 g/mol. The van der Waals surface area contributed by atoms with Gasteiger partial charge in [-0.15, -0.1) is 13.2 Å². The van der Waals surface area contributed by atoms with Crippen molar-refractivity contribution in [1.82, 2.24) is 4.90 Å². The van der Waals surface area contributed by atoms with Crippen LogP contribution in [0.3, 0.4) is 0 Å². The fourth-order valence-electron chi connectivity index (χ4n) is 8.02. The number of hydrogen-bond donors (Lipinski definition) is 1. The van der Waals surface area contributed by atoms with Crippen molar-refractivity contribution >= 4 is 40.7 Å². The Morgan fingerprint density at radius 3 is 2.11 bits per heavy atom. The zero-order valence-electron chi connectivity index (χ0n) is 27.7. The average Bonchev–Trinajstić information content (AvgIpc) is 3.67. The van der Waals surface area contributed by atoms with E-state index in [-0.39, 0.29) is 43.3 Å². The van der Waals surface area contributed by atoms with Gasteiger partial charge in [-0.1, -0.05) is 44.5 Å². The Morgan fingerprint density at radius 2 is 1.60 bits per heavy atom. The van der Waals surface area contributed by atoms with Gasteiger partial charge in [-0.05, 0) is 80.6 Å². The second kappa shape index (κ2) is 13.8. The first kappa shape index (κ1) is 34.7. The summed E-state index contributed by atoms with van der Waals surface area (Å²) in [7, 11) is 0. The van der Waals surface area contributed by atoms with Gasteiger partial charge in [0.05, 0.1) is 36.7 Å². The van der Waals surface area contributed by atoms with E-state index in [4.69, 9.17) is 21.1 Å². The van der Waals surface area contributed by atoms with Crippen LogP contribution in [-0.2, 0) is 19.1 Å². The number of carbonyl (C=O) groups is 3. The number of aliphatic hydroxyl groups excluding tert-OH is 1. The minimum atomic E-state index is -1.27. The number of benzene rings is 2. The van der Waals surface area contributed by atoms with Gasteiger partial charge in [0.1, 0.15) is 17.4 Å². The molecule has 3 aliphatic rings. The van der Waals surface area contributed by atoms with Gasteiger partial charge in [-0.3, -0.25) is 14.4 Å². The van der Waals surface area contributed by atoms with Crippen LogP contribution < -0.4 is 14.5 Å². The third kappa shape index (κ3) is 5.76. The van der Waals surface area contributed by atoms with Crippen LogP contribution in [0.25, 0.3) is 0 Å². The van der Waals surface area contributed by atoms with Gasteiger partial charge in [0.15, 0.2) is 0 Å². The maximum absolute atomic E-state index is 14.9. The molecule has 0 aliphatic carbocycles. The van der Waals surface area contributed by atoms with Gasteiger partial charge in [0.2, 0.25) is 11.8 Å². The molecule has 3 fully saturated rings. The molecule has 0 radical (unpaired) electrons. The van der Waals surface area contributed by atoms with Gasteiger partial charge >= 0.3 is 0 Å². The number of fused-ring (bicyclic) bond motifs is 1. The number of ether oxygens (including phenoxy) is 2. The van der Waals surface area contributed by atoms with Crippen molar-refractivity contribution < 1.29 is 29.0 Å². The topological polar surface area (TPSA) is 99.6 Å². The van der Waals surface area contributed by atoms with E-state index in [1.165, 1.54) is 4.90 Å². The van der Waals surface area contributed by atoms with Gasteiger partial charge in [0, 0.05) is 29.5 Å². The molecule has 2 bridgehead atoms. The summed E-state index contributed by atoms with van der Waals surface area (Å²) in [6.45, 7) is 16.1. The molecule has 6 atom stereocenters. The van der Waals surface area contributed by atoms with Crippen molar-refractivity contribution in [2.75, 3.05) is 36.1 Å². The molecule has 0 saturated carbocycles. The van der Waals surface area contributed by atoms with Crippen LogP contribution in [0.5, 0.6) is 5.75 Å². The number of carbonyl (C=O) groups excluding carboxylic acids is 3. The van der Waals surface area contributed by atoms with Crippen LogP contribution in [0.15, 0.2) is 73.8 Å². The first-order valence-electron chi connectivity index (χ1n) is 16.5. The Bertz CT molecular complexity index is 1500. The molecule has 2 aromatic rings. The van der Waals surface area contributed by atoms with E-state index in [1.54, 1.807) is 46.2 Å². The molecule has 10 heteroatoms. The summed E-state index contributed by atoms with van der Waals surface area (Å²) in [4.78, 5) is 49.4. The van der Waals surface area contributed by atoms with Gasteiger partial charge in [-0.25, -0.2) is 0 Å². The molecule has 2 aromatic carbocycles. The van der Waals surface area contributed by atoms with Crippen LogP contribution >= 0.6 is 11.6 Å². The summed E-state index contributed by atoms with van der Waals surface area (Å²) >= 11 is 6.18. The normalized spacial score (nSPS) is 26.7. The lowest BCUT2D eigenvalue weighted by Crippen LogP contribution is -2.60. The molecule has 47 heavy (non-hydrogen) atoms. The zero-order chi connectivity index (χ0) is 34.1. The van der Waals surface area contributed by atoms with E-state index in [0.29, 0.717) is 48.0 Å². The van der Waals surface area contributed by atoms with E-state index in [9.17, 15) is 19.5 Å². The van der Waals surface area contributed by atoms with E-state index < -0.39 is 35.1 Å². The van der Waals surface area contributed by atoms with Crippen molar-refractivity contribution in [2.45, 2.75) is 70.2 Å². The molecule has 2 unspecified atom stereocenters. The molecule has 5 rings (SSSR count). The summed E-state index contributed by atoms with van der Waals surface area (Å²) in [5.41, 5.74) is -0.971. The third-order valence-electron chi connectivity index (χ3n) is 10.2. The lowest BCUT2D eigenvalue weighted by atomic mass is 9.64. The number of anilines is 2. The van der Waals surface area contributed by atoms with E-state index in [2.05, 4.69) is 13.2 Å². The molecule has 0 aromatic heterocycles. The second-order valence-corrected chi connectivity index (χ2v) is 13.4. The highest BCUT2D eigenvalue weighted by atomic mass is 35.5. The molecule has 3 saturated heterocycles. The number of rotatable bonds is 14. The maximum atomic E-state index is 14.9. The predicted molar refractivity (Wildman–Crippen MR) is 184 cm³/mol. The zero-order valence-corrected chi connectivity index (χ0v) is 28.5. The van der Waals surface area contributed by atoms with Crippen LogP contribution in [0.1, 0.15) is 47.0 Å². The Morgan fingerprint density at radius 1 is 1.02 bits per heavy atom. The second-order valence-electron chi connectivity index (χ2n) is 13.0. The van der Waals surface area contributed by atoms with Crippen LogP contribution in [0, 0.1) is 17.8 Å². The molecule has 1 spiro atoms. The highest BCUT2D eigenvalue weighted by Crippen LogP contribution is 2.65. The van der Waals surface area contributed by atoms with E-state index >= 15 is 0 Å². The van der Waals surface area contributed by atoms with Crippen molar-refractivity contribution in [2.24, 2.45) is 17.8 Å². The Kier molecular flexibility index (Phi) is 10.2. The Hall–Kier alpha value is -3.66. The monoisotopic (exact) mass is 663 g/mol. The Balaban J connectivity index is 1.63. The fraction of sp³-hybridized carbons (Fsp3) is 0.486. The molecule has 3 aliphatic heterocycles. The van der Waals surface area contributed by atoms with Crippen LogP contribution in [0.4, 0.5) is 11.4 Å². The lowest BCUT2D eigenvalue weighted by Gasteiger charge is -2.40. The van der Waals surface area contributed by atoms with Crippen molar-refractivity contribution in [1.29, 1.82) is 0 Å². The fourth-order valence-corrected chi connectivity index (χ4v) is 8.14. The summed E-state index contributed by atoms with van der Waals surface area (Å²) in [6.07, 6.45) is 4.72. The van der Waals surface area contributed by atoms with Crippen molar-refractivity contribution in [3.8, 4) is 5.75 Å². The predicted octanol–water partition coefficient (Wildman–Crippen LogP) is 5.65. The number of amides is 3. The van der Waals surface area contributed by atoms with Crippen LogP contribution in [-0.4, -0.2) is 77.3 Å². The molecule has 9 nitrogen and oxygen atoms in total. The number of aliphatic hydroxyl groups is 1. The van der Waals surface area contributed by atoms with E-state index in [0.717, 1.165) is 0 Å². The highest BCUT2D eigenvalue weighted by Gasteiger charge is 2.79. The molecule has 3 heterocycles. The quantitative estimate of drug-likeness (QED) is 0.263. The van der Waals surface area contributed by atoms with Gasteiger partial charge in [-0.2, -0.15) is 0 Å². The first-order valence-corrected chi connectivity index (χ1v) is 16.9. The number of halogens is 1. The maximum Gasteiger partial charge on any atom is 0.253 e. The minimum Gasteiger partial charge on any atom is -0.494 e. The lowest BCUT2D eigenvalue weighted by molar-refractivity contribution is -0.150. The highest BCUT2D eigenvalue weighted by molar-refractivity contribution is 6.30. The minimum absolute atomic E-state index is 0.175. The van der Waals surface area contributed by atoms with Crippen molar-refractivity contribution in [3.05, 3.63) is 78.9 Å². The van der Waals surface area contributed by atoms with Gasteiger partial charge in [0.25, 0.3) is 5.91 Å². The standard InChI is InChI=1S/C37H46ClN3O6/c1-7-21-39(27-15-17-28(18-16-27)46-10-4)33(43)30-31-34(44)41(29(23-42)24(5)6)32(37(31)20-19-36(30,9-3)47-37)35(45)40(22-8-2)26-13-11-25(38)12-14-26/h7-8,11-18,24,29-32,42H,1-2,9-10,19-23H2,3-6H3/t29-,30-,31-,32?,36+,37?/m0/s1. The smallest absolute Gasteiger partial charge is 0.253 e. The molecule has 1 N–H and O–H groups in total. The molecular formula is C37H46ClN3O6. The summed E-state index contributed by atoms with van der Waals surface area (Å²) in [5, 5.41) is 11.2. The summed E-state index contributed by atoms with van der Waals surface area (Å²) in [5.74, 6) is -2.21. The molecule has 3 amide bonds. The van der Waals surface area contributed by atoms with Crippen LogP contribution in [0.2, 0.25) is 5.02 Å². The number of likely N-dealkylation sites (tertiary alicyclic amines) is 1. The first-order chi connectivity index (χ1) is 22.5. The Labute approximate surface area is 282 Å². The van der Waals surface area contributed by atoms with Crippen molar-refractivity contribution in [3.63, 3.8) is 0 Å². The SMILES string of the molecule is C=CCN(C(=O)C1N([C@@H](CO)C(C)C)C(=O)[C@@H]2[C@@H](C(=O)N(CC=C)c3ccc(OCC)cc3)[C@@]3(CC)CCC12O3)c1ccc(Cl)cc1. The summed E-state index contributed by atoms with van der Waals surface area (Å²) < 4.78 is 12.6. The average molecular weight is 664 g/mol. The number of hydrogen-bond acceptors (Lipinski definition) is 6. The van der Waals surface area contributed by atoms with E-state index in [1.807, 2.05) is 52.0 Å². The van der Waals surface area contributed by atoms with Gasteiger partial charge < -0.3 is 29.3 Å². The largest absolute Gasteiger partial charge is 0.494 e. The third-order valence-corrected chi connectivity index (χ3v) is 10.4. The molecule has 252 valence electrons. The summed E-state index contributed by atoms with van der Waals surface area (Å²) in [6, 6.07) is 12.5.